The Morgan fingerprint density at radius 3 is 1.38 bits per heavy atom. The van der Waals surface area contributed by atoms with Gasteiger partial charge in [-0.15, -0.1) is 0 Å². The van der Waals surface area contributed by atoms with Crippen LogP contribution in [0.3, 0.4) is 0 Å². The molecule has 0 aliphatic rings. The van der Waals surface area contributed by atoms with E-state index < -0.39 is 5.97 Å². The molecule has 0 aliphatic carbocycles. The lowest BCUT2D eigenvalue weighted by molar-refractivity contribution is -0.131. The molecule has 0 radical (unpaired) electrons. The molecular formula is C22H30O2. The lowest BCUT2D eigenvalue weighted by Gasteiger charge is -1.85. The van der Waals surface area contributed by atoms with Crippen molar-refractivity contribution in [2.75, 3.05) is 0 Å². The molecular weight excluding hydrogens is 296 g/mol. The van der Waals surface area contributed by atoms with Crippen LogP contribution in [0.1, 0.15) is 45.4 Å². The minimum absolute atomic E-state index is 0.817. The maximum atomic E-state index is 10.2. The SMILES string of the molecule is CC/C=C\CC=CCC=CCC=CC/C=C\C/C=C/C=C/C(=O)O. The van der Waals surface area contributed by atoms with E-state index in [4.69, 9.17) is 5.11 Å². The lowest BCUT2D eigenvalue weighted by atomic mass is 10.2. The Kier molecular flexibility index (Phi) is 16.9. The molecule has 0 aromatic heterocycles. The van der Waals surface area contributed by atoms with Crippen molar-refractivity contribution in [3.63, 3.8) is 0 Å². The monoisotopic (exact) mass is 326 g/mol. The summed E-state index contributed by atoms with van der Waals surface area (Å²) in [6.07, 6.45) is 33.8. The van der Waals surface area contributed by atoms with Gasteiger partial charge in [0, 0.05) is 6.08 Å². The van der Waals surface area contributed by atoms with Crippen LogP contribution in [0.25, 0.3) is 0 Å². The molecule has 0 saturated heterocycles. The van der Waals surface area contributed by atoms with Gasteiger partial charge in [0.05, 0.1) is 0 Å². The van der Waals surface area contributed by atoms with Crippen LogP contribution in [0.4, 0.5) is 0 Å². The Morgan fingerprint density at radius 2 is 1.00 bits per heavy atom. The second kappa shape index (κ2) is 18.7. The van der Waals surface area contributed by atoms with E-state index in [0.717, 1.165) is 44.6 Å². The maximum absolute atomic E-state index is 10.2. The third kappa shape index (κ3) is 19.7. The normalized spacial score (nSPS) is 13.4. The molecule has 0 bridgehead atoms. The summed E-state index contributed by atoms with van der Waals surface area (Å²) in [6.45, 7) is 2.14. The van der Waals surface area contributed by atoms with Gasteiger partial charge in [0.2, 0.25) is 0 Å². The average Bonchev–Trinajstić information content (AvgIpc) is 2.56. The molecule has 0 saturated carbocycles. The highest BCUT2D eigenvalue weighted by Crippen LogP contribution is 1.96. The molecule has 0 rings (SSSR count). The summed E-state index contributed by atoms with van der Waals surface area (Å²) in [7, 11) is 0. The summed E-state index contributed by atoms with van der Waals surface area (Å²) < 4.78 is 0. The number of hydrogen-bond donors (Lipinski definition) is 1. The van der Waals surface area contributed by atoms with Gasteiger partial charge in [-0.05, 0) is 38.5 Å². The molecule has 0 atom stereocenters. The van der Waals surface area contributed by atoms with Crippen LogP contribution in [-0.2, 0) is 4.79 Å². The zero-order valence-corrected chi connectivity index (χ0v) is 14.7. The molecule has 130 valence electrons. The average molecular weight is 326 g/mol. The number of carbonyl (C=O) groups is 1. The van der Waals surface area contributed by atoms with Gasteiger partial charge in [0.1, 0.15) is 0 Å². The van der Waals surface area contributed by atoms with Gasteiger partial charge in [-0.3, -0.25) is 0 Å². The van der Waals surface area contributed by atoms with Gasteiger partial charge < -0.3 is 5.11 Å². The number of carboxylic acids is 1. The van der Waals surface area contributed by atoms with Crippen molar-refractivity contribution >= 4 is 5.97 Å². The first kappa shape index (κ1) is 21.6. The van der Waals surface area contributed by atoms with Crippen molar-refractivity contribution in [2.45, 2.75) is 45.4 Å². The summed E-state index contributed by atoms with van der Waals surface area (Å²) in [4.78, 5) is 10.2. The van der Waals surface area contributed by atoms with Crippen molar-refractivity contribution in [1.82, 2.24) is 0 Å². The number of hydrogen-bond acceptors (Lipinski definition) is 1. The van der Waals surface area contributed by atoms with E-state index in [1.165, 1.54) is 6.08 Å². The van der Waals surface area contributed by atoms with Crippen LogP contribution < -0.4 is 0 Å². The van der Waals surface area contributed by atoms with Crippen molar-refractivity contribution in [1.29, 1.82) is 0 Å². The van der Waals surface area contributed by atoms with E-state index in [9.17, 15) is 4.79 Å². The molecule has 2 nitrogen and oxygen atoms in total. The first-order chi connectivity index (χ1) is 11.8. The molecule has 0 aliphatic heterocycles. The highest BCUT2D eigenvalue weighted by molar-refractivity contribution is 5.80. The predicted molar refractivity (Wildman–Crippen MR) is 105 cm³/mol. The molecule has 0 unspecified atom stereocenters. The third-order valence-corrected chi connectivity index (χ3v) is 2.92. The van der Waals surface area contributed by atoms with Crippen LogP contribution >= 0.6 is 0 Å². The van der Waals surface area contributed by atoms with Crippen molar-refractivity contribution in [3.8, 4) is 0 Å². The van der Waals surface area contributed by atoms with Gasteiger partial charge in [-0.2, -0.15) is 0 Å². The summed E-state index contributed by atoms with van der Waals surface area (Å²) in [5.41, 5.74) is 0. The minimum atomic E-state index is -0.922. The molecule has 24 heavy (non-hydrogen) atoms. The molecule has 1 N–H and O–H groups in total. The number of rotatable bonds is 13. The van der Waals surface area contributed by atoms with E-state index in [0.29, 0.717) is 0 Å². The van der Waals surface area contributed by atoms with Gasteiger partial charge >= 0.3 is 5.97 Å². The largest absolute Gasteiger partial charge is 0.478 e. The molecule has 0 amide bonds. The first-order valence-corrected chi connectivity index (χ1v) is 8.58. The molecule has 0 aromatic carbocycles. The lowest BCUT2D eigenvalue weighted by Crippen LogP contribution is -1.84. The smallest absolute Gasteiger partial charge is 0.328 e. The van der Waals surface area contributed by atoms with E-state index >= 15 is 0 Å². The van der Waals surface area contributed by atoms with E-state index in [2.05, 4.69) is 67.7 Å². The molecule has 2 heteroatoms. The van der Waals surface area contributed by atoms with Gasteiger partial charge in [0.15, 0.2) is 0 Å². The highest BCUT2D eigenvalue weighted by atomic mass is 16.4. The summed E-state index contributed by atoms with van der Waals surface area (Å²) in [6, 6.07) is 0. The topological polar surface area (TPSA) is 37.3 Å². The Bertz CT molecular complexity index is 500. The molecule has 0 aromatic rings. The Labute approximate surface area is 147 Å². The fraction of sp³-hybridized carbons (Fsp3) is 0.318. The number of allylic oxidation sites excluding steroid dienone is 13. The van der Waals surface area contributed by atoms with E-state index in [1.54, 1.807) is 6.08 Å². The van der Waals surface area contributed by atoms with Crippen molar-refractivity contribution in [2.24, 2.45) is 0 Å². The maximum Gasteiger partial charge on any atom is 0.328 e. The predicted octanol–water partition coefficient (Wildman–Crippen LogP) is 6.32. The van der Waals surface area contributed by atoms with Crippen LogP contribution in [0, 0.1) is 0 Å². The minimum Gasteiger partial charge on any atom is -0.478 e. The Hall–Kier alpha value is -2.35. The zero-order valence-electron chi connectivity index (χ0n) is 14.7. The number of carboxylic acid groups (broad SMARTS) is 1. The van der Waals surface area contributed by atoms with Crippen LogP contribution in [0.2, 0.25) is 0 Å². The summed E-state index contributed by atoms with van der Waals surface area (Å²) >= 11 is 0. The van der Waals surface area contributed by atoms with Crippen molar-refractivity contribution in [3.05, 3.63) is 85.1 Å². The van der Waals surface area contributed by atoms with Gasteiger partial charge in [-0.25, -0.2) is 4.79 Å². The second-order valence-electron chi connectivity index (χ2n) is 5.07. The van der Waals surface area contributed by atoms with Gasteiger partial charge in [0.25, 0.3) is 0 Å². The Morgan fingerprint density at radius 1 is 0.625 bits per heavy atom. The fourth-order valence-electron chi connectivity index (χ4n) is 1.72. The van der Waals surface area contributed by atoms with E-state index in [-0.39, 0.29) is 0 Å². The fourth-order valence-corrected chi connectivity index (χ4v) is 1.72. The van der Waals surface area contributed by atoms with Crippen molar-refractivity contribution < 1.29 is 9.90 Å². The standard InChI is InChI=1S/C22H30O2/c1-2-3-4-5-6-7-8-9-10-11-12-13-14-15-16-17-18-19-20-21-22(23)24/h3-4,6-7,9-10,12-13,15-16,18-21H,2,5,8,11,14,17H2,1H3,(H,23,24)/b4-3-,7-6?,10-9?,13-12?,16-15-,19-18+,21-20+. The zero-order chi connectivity index (χ0) is 17.7. The summed E-state index contributed by atoms with van der Waals surface area (Å²) in [5.74, 6) is -0.922. The number of aliphatic carboxylic acids is 1. The van der Waals surface area contributed by atoms with Crippen LogP contribution in [-0.4, -0.2) is 11.1 Å². The quantitative estimate of drug-likeness (QED) is 0.244. The first-order valence-electron chi connectivity index (χ1n) is 8.58. The van der Waals surface area contributed by atoms with E-state index in [1.807, 2.05) is 6.08 Å². The molecule has 0 spiro atoms. The van der Waals surface area contributed by atoms with Gasteiger partial charge in [-0.1, -0.05) is 85.9 Å². The third-order valence-electron chi connectivity index (χ3n) is 2.92. The Balaban J connectivity index is 3.58. The second-order valence-corrected chi connectivity index (χ2v) is 5.07. The van der Waals surface area contributed by atoms with Crippen LogP contribution in [0.15, 0.2) is 85.1 Å². The molecule has 0 heterocycles. The van der Waals surface area contributed by atoms with Crippen LogP contribution in [0.5, 0.6) is 0 Å². The molecule has 0 fully saturated rings. The summed E-state index contributed by atoms with van der Waals surface area (Å²) in [5, 5.41) is 8.40. The highest BCUT2D eigenvalue weighted by Gasteiger charge is 1.80.